The van der Waals surface area contributed by atoms with Gasteiger partial charge in [0, 0.05) is 37.0 Å². The van der Waals surface area contributed by atoms with Crippen LogP contribution in [-0.2, 0) is 11.3 Å². The van der Waals surface area contributed by atoms with Gasteiger partial charge in [0.15, 0.2) is 0 Å². The highest BCUT2D eigenvalue weighted by atomic mass is 16.5. The Balaban J connectivity index is 1.61. The molecule has 0 radical (unpaired) electrons. The monoisotopic (exact) mass is 316 g/mol. The molecule has 1 aliphatic rings. The number of methoxy groups -OCH3 is 1. The minimum Gasteiger partial charge on any atom is -0.495 e. The van der Waals surface area contributed by atoms with E-state index in [2.05, 4.69) is 35.4 Å². The van der Waals surface area contributed by atoms with Crippen LogP contribution in [0.2, 0.25) is 0 Å². The summed E-state index contributed by atoms with van der Waals surface area (Å²) in [6.45, 7) is 5.73. The molecule has 2 atom stereocenters. The van der Waals surface area contributed by atoms with E-state index in [9.17, 15) is 0 Å². The Hall–Kier alpha value is -1.92. The average Bonchev–Trinajstić information content (AvgIpc) is 3.22. The van der Waals surface area contributed by atoms with Gasteiger partial charge < -0.3 is 14.8 Å². The third-order valence-electron chi connectivity index (χ3n) is 4.15. The Kier molecular flexibility index (Phi) is 4.93. The van der Waals surface area contributed by atoms with Gasteiger partial charge in [0.25, 0.3) is 0 Å². The molecule has 3 heterocycles. The lowest BCUT2D eigenvalue weighted by molar-refractivity contribution is 0.0983. The Morgan fingerprint density at radius 2 is 2.26 bits per heavy atom. The molecular weight excluding hydrogens is 292 g/mol. The maximum Gasteiger partial charge on any atom is 0.137 e. The van der Waals surface area contributed by atoms with Crippen molar-refractivity contribution < 1.29 is 9.47 Å². The highest BCUT2D eigenvalue weighted by molar-refractivity contribution is 5.20. The number of nitrogens with one attached hydrogen (secondary N) is 1. The first kappa shape index (κ1) is 16.0. The van der Waals surface area contributed by atoms with Crippen molar-refractivity contribution in [1.29, 1.82) is 0 Å². The molecule has 0 bridgehead atoms. The van der Waals surface area contributed by atoms with Gasteiger partial charge in [-0.15, -0.1) is 0 Å². The largest absolute Gasteiger partial charge is 0.495 e. The molecule has 2 aromatic rings. The zero-order chi connectivity index (χ0) is 16.2. The Bertz CT molecular complexity index is 624. The van der Waals surface area contributed by atoms with Crippen LogP contribution in [0.3, 0.4) is 0 Å². The van der Waals surface area contributed by atoms with Gasteiger partial charge in [-0.25, -0.2) is 0 Å². The van der Waals surface area contributed by atoms with Crippen molar-refractivity contribution in [3.05, 3.63) is 42.0 Å². The molecule has 6 nitrogen and oxygen atoms in total. The van der Waals surface area contributed by atoms with E-state index >= 15 is 0 Å². The van der Waals surface area contributed by atoms with E-state index in [-0.39, 0.29) is 12.1 Å². The summed E-state index contributed by atoms with van der Waals surface area (Å²) >= 11 is 0. The highest BCUT2D eigenvalue weighted by Crippen LogP contribution is 2.29. The SMILES string of the molecule is COc1ccc(CN[C@@H]2CCO[C@H]2c2cnn(C(C)C)c2)nc1. The van der Waals surface area contributed by atoms with Gasteiger partial charge >= 0.3 is 0 Å². The standard InChI is InChI=1S/C17H24N4O2/c1-12(2)21-11-13(8-20-21)17-16(6-7-23-17)19-9-14-4-5-15(22-3)10-18-14/h4-5,8,10-12,16-17,19H,6-7,9H2,1-3H3/t16-,17+/m1/s1. The quantitative estimate of drug-likeness (QED) is 0.887. The molecule has 1 aliphatic heterocycles. The first-order valence-corrected chi connectivity index (χ1v) is 8.05. The average molecular weight is 316 g/mol. The number of nitrogens with zero attached hydrogens (tertiary/aromatic N) is 3. The van der Waals surface area contributed by atoms with E-state index in [1.54, 1.807) is 13.3 Å². The van der Waals surface area contributed by atoms with Crippen LogP contribution in [0.1, 0.15) is 43.7 Å². The van der Waals surface area contributed by atoms with E-state index < -0.39 is 0 Å². The first-order chi connectivity index (χ1) is 11.2. The van der Waals surface area contributed by atoms with Gasteiger partial charge in [0.2, 0.25) is 0 Å². The van der Waals surface area contributed by atoms with Crippen LogP contribution in [-0.4, -0.2) is 34.5 Å². The Morgan fingerprint density at radius 3 is 2.91 bits per heavy atom. The summed E-state index contributed by atoms with van der Waals surface area (Å²) in [4.78, 5) is 4.39. The number of ether oxygens (including phenoxy) is 2. The predicted molar refractivity (Wildman–Crippen MR) is 87.3 cm³/mol. The fourth-order valence-corrected chi connectivity index (χ4v) is 2.78. The van der Waals surface area contributed by atoms with Gasteiger partial charge in [-0.05, 0) is 32.4 Å². The number of pyridine rings is 1. The summed E-state index contributed by atoms with van der Waals surface area (Å²) in [6.07, 6.45) is 6.79. The zero-order valence-electron chi connectivity index (χ0n) is 13.9. The zero-order valence-corrected chi connectivity index (χ0v) is 13.9. The molecule has 3 rings (SSSR count). The van der Waals surface area contributed by atoms with Gasteiger partial charge in [-0.1, -0.05) is 0 Å². The molecule has 23 heavy (non-hydrogen) atoms. The van der Waals surface area contributed by atoms with Crippen molar-refractivity contribution in [2.45, 2.75) is 45.0 Å². The molecule has 0 aliphatic carbocycles. The fourth-order valence-electron chi connectivity index (χ4n) is 2.78. The lowest BCUT2D eigenvalue weighted by Gasteiger charge is -2.18. The number of hydrogen-bond acceptors (Lipinski definition) is 5. The summed E-state index contributed by atoms with van der Waals surface area (Å²) in [5, 5.41) is 7.97. The second kappa shape index (κ2) is 7.10. The molecule has 6 heteroatoms. The van der Waals surface area contributed by atoms with Crippen LogP contribution in [0.15, 0.2) is 30.7 Å². The van der Waals surface area contributed by atoms with Crippen LogP contribution >= 0.6 is 0 Å². The lowest BCUT2D eigenvalue weighted by Crippen LogP contribution is -2.31. The summed E-state index contributed by atoms with van der Waals surface area (Å²) in [7, 11) is 1.65. The van der Waals surface area contributed by atoms with Gasteiger partial charge in [-0.3, -0.25) is 9.67 Å². The fraction of sp³-hybridized carbons (Fsp3) is 0.529. The third kappa shape index (κ3) is 3.71. The number of hydrogen-bond donors (Lipinski definition) is 1. The summed E-state index contributed by atoms with van der Waals surface area (Å²) in [5.74, 6) is 0.775. The topological polar surface area (TPSA) is 61.2 Å². The summed E-state index contributed by atoms with van der Waals surface area (Å²) in [5.41, 5.74) is 2.13. The first-order valence-electron chi connectivity index (χ1n) is 8.05. The van der Waals surface area contributed by atoms with E-state index in [1.165, 1.54) is 0 Å². The van der Waals surface area contributed by atoms with Crippen LogP contribution in [0.4, 0.5) is 0 Å². The summed E-state index contributed by atoms with van der Waals surface area (Å²) in [6, 6.07) is 4.55. The van der Waals surface area contributed by atoms with Crippen molar-refractivity contribution in [3.63, 3.8) is 0 Å². The Labute approximate surface area is 136 Å². The van der Waals surface area contributed by atoms with E-state index in [1.807, 2.05) is 23.0 Å². The maximum atomic E-state index is 5.91. The normalized spacial score (nSPS) is 21.0. The molecular formula is C17H24N4O2. The second-order valence-corrected chi connectivity index (χ2v) is 6.10. The molecule has 1 saturated heterocycles. The molecule has 1 fully saturated rings. The molecule has 1 N–H and O–H groups in total. The lowest BCUT2D eigenvalue weighted by atomic mass is 10.1. The number of rotatable bonds is 6. The molecule has 0 saturated carbocycles. The third-order valence-corrected chi connectivity index (χ3v) is 4.15. The van der Waals surface area contributed by atoms with Gasteiger partial charge in [0.1, 0.15) is 11.9 Å². The summed E-state index contributed by atoms with van der Waals surface area (Å²) < 4.78 is 13.0. The number of aromatic nitrogens is 3. The van der Waals surface area contributed by atoms with Crippen molar-refractivity contribution in [2.24, 2.45) is 0 Å². The van der Waals surface area contributed by atoms with Gasteiger partial charge in [0.05, 0.1) is 25.2 Å². The van der Waals surface area contributed by atoms with E-state index in [0.29, 0.717) is 12.6 Å². The molecule has 0 amide bonds. The second-order valence-electron chi connectivity index (χ2n) is 6.10. The van der Waals surface area contributed by atoms with Crippen molar-refractivity contribution in [3.8, 4) is 5.75 Å². The molecule has 124 valence electrons. The van der Waals surface area contributed by atoms with Crippen LogP contribution in [0, 0.1) is 0 Å². The van der Waals surface area contributed by atoms with Crippen LogP contribution in [0.25, 0.3) is 0 Å². The molecule has 0 spiro atoms. The maximum absolute atomic E-state index is 5.91. The van der Waals surface area contributed by atoms with Gasteiger partial charge in [-0.2, -0.15) is 5.10 Å². The Morgan fingerprint density at radius 1 is 1.39 bits per heavy atom. The van der Waals surface area contributed by atoms with Crippen molar-refractivity contribution in [1.82, 2.24) is 20.1 Å². The molecule has 0 unspecified atom stereocenters. The van der Waals surface area contributed by atoms with Crippen molar-refractivity contribution in [2.75, 3.05) is 13.7 Å². The molecule has 0 aromatic carbocycles. The molecule has 2 aromatic heterocycles. The van der Waals surface area contributed by atoms with E-state index in [0.717, 1.165) is 30.0 Å². The minimum absolute atomic E-state index is 0.0562. The van der Waals surface area contributed by atoms with Crippen LogP contribution in [0.5, 0.6) is 5.75 Å². The van der Waals surface area contributed by atoms with Crippen LogP contribution < -0.4 is 10.1 Å². The smallest absolute Gasteiger partial charge is 0.137 e. The highest BCUT2D eigenvalue weighted by Gasteiger charge is 2.30. The predicted octanol–water partition coefficient (Wildman–Crippen LogP) is 2.49. The minimum atomic E-state index is 0.0562. The van der Waals surface area contributed by atoms with Crippen molar-refractivity contribution >= 4 is 0 Å². The van der Waals surface area contributed by atoms with E-state index in [4.69, 9.17) is 9.47 Å².